The quantitative estimate of drug-likeness (QED) is 0.0723. The molecule has 15 nitrogen and oxygen atoms in total. The van der Waals surface area contributed by atoms with Gasteiger partial charge in [0, 0.05) is 71.8 Å². The van der Waals surface area contributed by atoms with Crippen molar-refractivity contribution in [3.05, 3.63) is 90.3 Å². The maximum Gasteiger partial charge on any atom is 0.326 e. The highest BCUT2D eigenvalue weighted by molar-refractivity contribution is 5.95. The number of aromatic amines is 3. The minimum Gasteiger partial charge on any atom is -0.480 e. The summed E-state index contributed by atoms with van der Waals surface area (Å²) in [6, 6.07) is 9.97. The van der Waals surface area contributed by atoms with Gasteiger partial charge < -0.3 is 47.5 Å². The molecule has 0 aliphatic carbocycles. The van der Waals surface area contributed by atoms with Crippen LogP contribution in [0.5, 0.6) is 0 Å². The summed E-state index contributed by atoms with van der Waals surface area (Å²) in [5.74, 6) is -4.16. The number of aliphatic carboxylic acids is 1. The minimum atomic E-state index is -1.44. The normalized spacial score (nSPS) is 13.8. The summed E-state index contributed by atoms with van der Waals surface area (Å²) >= 11 is 0. The molecule has 0 aliphatic rings. The van der Waals surface area contributed by atoms with E-state index in [4.69, 9.17) is 11.5 Å². The molecule has 15 heteroatoms. The van der Waals surface area contributed by atoms with E-state index in [-0.39, 0.29) is 32.1 Å². The molecule has 5 aromatic rings. The van der Waals surface area contributed by atoms with Gasteiger partial charge in [-0.15, -0.1) is 0 Å². The largest absolute Gasteiger partial charge is 0.480 e. The highest BCUT2D eigenvalue weighted by Crippen LogP contribution is 2.21. The van der Waals surface area contributed by atoms with Crippen LogP contribution in [0.1, 0.15) is 29.7 Å². The van der Waals surface area contributed by atoms with Gasteiger partial charge in [0.15, 0.2) is 0 Å². The predicted molar refractivity (Wildman–Crippen MR) is 176 cm³/mol. The number of para-hydroxylation sites is 2. The third kappa shape index (κ3) is 8.24. The molecule has 0 aliphatic heterocycles. The number of carboxylic acid groups (broad SMARTS) is 1. The number of primary amides is 1. The van der Waals surface area contributed by atoms with E-state index < -0.39 is 53.8 Å². The van der Waals surface area contributed by atoms with Gasteiger partial charge >= 0.3 is 5.97 Å². The van der Waals surface area contributed by atoms with E-state index in [2.05, 4.69) is 35.9 Å². The first kappa shape index (κ1) is 33.4. The van der Waals surface area contributed by atoms with Gasteiger partial charge in [0.25, 0.3) is 0 Å². The molecule has 0 fully saturated rings. The second-order valence-electron chi connectivity index (χ2n) is 11.5. The molecule has 5 rings (SSSR count). The van der Waals surface area contributed by atoms with Gasteiger partial charge in [-0.05, 0) is 29.7 Å². The SMILES string of the molecule is NC(=O)CCC(NC(=O)C(Cc1c[nH]c2ccccc12)NC(=O)C(Cc1c[nH]c2ccccc12)NC(=O)C(N)Cc1cnc[nH]1)C(=O)O. The number of aromatic nitrogens is 4. The van der Waals surface area contributed by atoms with Crippen LogP contribution in [0.4, 0.5) is 0 Å². The lowest BCUT2D eigenvalue weighted by Gasteiger charge is -2.25. The summed E-state index contributed by atoms with van der Waals surface area (Å²) in [4.78, 5) is 77.5. The fourth-order valence-electron chi connectivity index (χ4n) is 5.55. The van der Waals surface area contributed by atoms with Crippen molar-refractivity contribution in [2.45, 2.75) is 56.3 Å². The van der Waals surface area contributed by atoms with Gasteiger partial charge in [-0.25, -0.2) is 9.78 Å². The number of fused-ring (bicyclic) bond motifs is 2. The van der Waals surface area contributed by atoms with Gasteiger partial charge in [0.2, 0.25) is 23.6 Å². The number of imidazole rings is 1. The maximum atomic E-state index is 14.1. The van der Waals surface area contributed by atoms with E-state index >= 15 is 0 Å². The molecule has 4 amide bonds. The van der Waals surface area contributed by atoms with Crippen molar-refractivity contribution in [1.29, 1.82) is 0 Å². The second-order valence-corrected chi connectivity index (χ2v) is 11.5. The number of carboxylic acids is 1. The molecule has 250 valence electrons. The van der Waals surface area contributed by atoms with E-state index in [1.807, 2.05) is 48.5 Å². The third-order valence-electron chi connectivity index (χ3n) is 8.09. The maximum absolute atomic E-state index is 14.1. The summed E-state index contributed by atoms with van der Waals surface area (Å²) in [5.41, 5.74) is 15.1. The zero-order chi connectivity index (χ0) is 34.2. The average molecular weight is 656 g/mol. The predicted octanol–water partition coefficient (Wildman–Crippen LogP) is 0.532. The van der Waals surface area contributed by atoms with Gasteiger partial charge in [0.1, 0.15) is 18.1 Å². The number of benzene rings is 2. The van der Waals surface area contributed by atoms with Crippen molar-refractivity contribution in [2.24, 2.45) is 11.5 Å². The van der Waals surface area contributed by atoms with Crippen molar-refractivity contribution >= 4 is 51.4 Å². The number of carbonyl (C=O) groups excluding carboxylic acids is 4. The summed E-state index contributed by atoms with van der Waals surface area (Å²) in [7, 11) is 0. The number of hydrogen-bond donors (Lipinski definition) is 9. The summed E-state index contributed by atoms with van der Waals surface area (Å²) in [5, 5.41) is 19.3. The Bertz CT molecular complexity index is 1910. The molecule has 0 radical (unpaired) electrons. The lowest BCUT2D eigenvalue weighted by atomic mass is 10.0. The number of rotatable bonds is 16. The number of nitrogens with two attached hydrogens (primary N) is 2. The molecule has 3 aromatic heterocycles. The number of carbonyl (C=O) groups is 5. The van der Waals surface area contributed by atoms with Gasteiger partial charge in [-0.1, -0.05) is 36.4 Å². The zero-order valence-electron chi connectivity index (χ0n) is 25.9. The Hall–Kier alpha value is -5.96. The minimum absolute atomic E-state index is 0.0170. The van der Waals surface area contributed by atoms with Gasteiger partial charge in [0.05, 0.1) is 12.4 Å². The number of nitrogens with zero attached hydrogens (tertiary/aromatic N) is 1. The molecule has 0 saturated carbocycles. The van der Waals surface area contributed by atoms with Crippen LogP contribution in [0.3, 0.4) is 0 Å². The van der Waals surface area contributed by atoms with Crippen molar-refractivity contribution in [1.82, 2.24) is 35.9 Å². The van der Waals surface area contributed by atoms with Crippen LogP contribution in [0.2, 0.25) is 0 Å². The molecule has 48 heavy (non-hydrogen) atoms. The smallest absolute Gasteiger partial charge is 0.326 e. The van der Waals surface area contributed by atoms with E-state index in [0.717, 1.165) is 27.4 Å². The Morgan fingerprint density at radius 1 is 0.729 bits per heavy atom. The molecule has 0 saturated heterocycles. The van der Waals surface area contributed by atoms with Crippen LogP contribution in [-0.4, -0.2) is 78.8 Å². The van der Waals surface area contributed by atoms with Gasteiger partial charge in [-0.3, -0.25) is 19.2 Å². The molecular formula is C33H37N9O6. The average Bonchev–Trinajstić information content (AvgIpc) is 3.83. The topological polar surface area (TPSA) is 254 Å². The molecule has 4 atom stereocenters. The van der Waals surface area contributed by atoms with Crippen LogP contribution >= 0.6 is 0 Å². The van der Waals surface area contributed by atoms with Crippen LogP contribution in [0, 0.1) is 0 Å². The Morgan fingerprint density at radius 2 is 1.25 bits per heavy atom. The highest BCUT2D eigenvalue weighted by Gasteiger charge is 2.32. The molecule has 4 unspecified atom stereocenters. The second kappa shape index (κ2) is 15.1. The molecule has 3 heterocycles. The Morgan fingerprint density at radius 3 is 1.75 bits per heavy atom. The fraction of sp³-hybridized carbons (Fsp3) is 0.273. The molecule has 0 spiro atoms. The standard InChI is InChI=1S/C33H37N9O6/c34-23(13-20-16-36-17-39-20)30(44)41-27(11-18-14-37-24-7-3-1-5-21(18)24)32(46)42-28(12-19-15-38-25-8-4-2-6-22(19)25)31(45)40-26(33(47)48)9-10-29(35)43/h1-8,14-17,23,26-28,37-38H,9-13,34H2,(H2,35,43)(H,36,39)(H,40,45)(H,41,44)(H,42,46)(H,47,48). The van der Waals surface area contributed by atoms with E-state index in [9.17, 15) is 29.1 Å². The van der Waals surface area contributed by atoms with Crippen LogP contribution in [0.15, 0.2) is 73.4 Å². The summed E-state index contributed by atoms with van der Waals surface area (Å²) < 4.78 is 0. The monoisotopic (exact) mass is 655 g/mol. The Kier molecular flexibility index (Phi) is 10.5. The van der Waals surface area contributed by atoms with E-state index in [0.29, 0.717) is 11.3 Å². The number of nitrogens with one attached hydrogen (secondary N) is 6. The summed E-state index contributed by atoms with van der Waals surface area (Å²) in [6.07, 6.45) is 6.13. The first-order valence-electron chi connectivity index (χ1n) is 15.3. The van der Waals surface area contributed by atoms with E-state index in [1.165, 1.54) is 6.33 Å². The first-order valence-corrected chi connectivity index (χ1v) is 15.3. The fourth-order valence-corrected chi connectivity index (χ4v) is 5.55. The van der Waals surface area contributed by atoms with Crippen LogP contribution < -0.4 is 27.4 Å². The van der Waals surface area contributed by atoms with Crippen molar-refractivity contribution in [2.75, 3.05) is 0 Å². The highest BCUT2D eigenvalue weighted by atomic mass is 16.4. The number of hydrogen-bond acceptors (Lipinski definition) is 7. The van der Waals surface area contributed by atoms with Crippen molar-refractivity contribution < 1.29 is 29.1 Å². The number of H-pyrrole nitrogens is 3. The van der Waals surface area contributed by atoms with Crippen molar-refractivity contribution in [3.63, 3.8) is 0 Å². The first-order chi connectivity index (χ1) is 23.1. The Balaban J connectivity index is 1.42. The lowest BCUT2D eigenvalue weighted by Crippen LogP contribution is -2.58. The number of amides is 4. The van der Waals surface area contributed by atoms with Crippen LogP contribution in [-0.2, 0) is 43.2 Å². The third-order valence-corrected chi connectivity index (χ3v) is 8.09. The molecular weight excluding hydrogens is 618 g/mol. The molecule has 2 aromatic carbocycles. The van der Waals surface area contributed by atoms with E-state index in [1.54, 1.807) is 18.6 Å². The van der Waals surface area contributed by atoms with Crippen LogP contribution in [0.25, 0.3) is 21.8 Å². The molecule has 11 N–H and O–H groups in total. The lowest BCUT2D eigenvalue weighted by molar-refractivity contribution is -0.142. The van der Waals surface area contributed by atoms with Crippen molar-refractivity contribution in [3.8, 4) is 0 Å². The van der Waals surface area contributed by atoms with Gasteiger partial charge in [-0.2, -0.15) is 0 Å². The Labute approximate surface area is 274 Å². The summed E-state index contributed by atoms with van der Waals surface area (Å²) in [6.45, 7) is 0. The molecule has 0 bridgehead atoms. The zero-order valence-corrected chi connectivity index (χ0v) is 25.9.